The van der Waals surface area contributed by atoms with E-state index < -0.39 is 0 Å². The van der Waals surface area contributed by atoms with Crippen LogP contribution in [0, 0.1) is 6.92 Å². The summed E-state index contributed by atoms with van der Waals surface area (Å²) in [6.07, 6.45) is 6.16. The Morgan fingerprint density at radius 1 is 1.17 bits per heavy atom. The first-order chi connectivity index (χ1) is 14.2. The number of carbonyl (C=O) groups excluding carboxylic acids is 1. The number of urea groups is 1. The van der Waals surface area contributed by atoms with Crippen LogP contribution in [-0.4, -0.2) is 40.1 Å². The summed E-state index contributed by atoms with van der Waals surface area (Å²) in [6, 6.07) is 13.7. The Balaban J connectivity index is 1.32. The van der Waals surface area contributed by atoms with Crippen molar-refractivity contribution in [2.75, 3.05) is 18.0 Å². The topological polar surface area (TPSA) is 83.0 Å². The number of pyridine rings is 1. The van der Waals surface area contributed by atoms with Crippen molar-refractivity contribution in [3.63, 3.8) is 0 Å². The molecule has 2 N–H and O–H groups in total. The summed E-state index contributed by atoms with van der Waals surface area (Å²) >= 11 is 0. The van der Waals surface area contributed by atoms with Gasteiger partial charge < -0.3 is 15.5 Å². The second kappa shape index (κ2) is 8.68. The van der Waals surface area contributed by atoms with Gasteiger partial charge in [0, 0.05) is 49.8 Å². The van der Waals surface area contributed by atoms with Crippen LogP contribution in [0.25, 0.3) is 11.3 Å². The molecular weight excluding hydrogens is 364 g/mol. The van der Waals surface area contributed by atoms with E-state index in [1.165, 1.54) is 5.56 Å². The fraction of sp³-hybridized carbons (Fsp3) is 0.273. The number of aryl methyl sites for hydroxylation is 1. The van der Waals surface area contributed by atoms with Crippen molar-refractivity contribution >= 4 is 12.0 Å². The van der Waals surface area contributed by atoms with Gasteiger partial charge in [0.25, 0.3) is 0 Å². The Kier molecular flexibility index (Phi) is 5.65. The van der Waals surface area contributed by atoms with E-state index in [1.807, 2.05) is 49.4 Å². The Labute approximate surface area is 170 Å². The van der Waals surface area contributed by atoms with E-state index >= 15 is 0 Å². The molecule has 0 saturated carbocycles. The highest BCUT2D eigenvalue weighted by Gasteiger charge is 2.25. The summed E-state index contributed by atoms with van der Waals surface area (Å²) in [5, 5.41) is 6.00. The minimum absolute atomic E-state index is 0.0671. The molecule has 0 bridgehead atoms. The predicted molar refractivity (Wildman–Crippen MR) is 112 cm³/mol. The molecule has 1 aromatic carbocycles. The van der Waals surface area contributed by atoms with Crippen LogP contribution in [0.4, 0.5) is 10.7 Å². The van der Waals surface area contributed by atoms with Gasteiger partial charge in [-0.05, 0) is 42.7 Å². The maximum Gasteiger partial charge on any atom is 0.315 e. The zero-order chi connectivity index (χ0) is 20.1. The minimum Gasteiger partial charge on any atom is -0.339 e. The van der Waals surface area contributed by atoms with E-state index in [0.29, 0.717) is 19.0 Å². The highest BCUT2D eigenvalue weighted by molar-refractivity contribution is 5.74. The maximum atomic E-state index is 12.3. The monoisotopic (exact) mass is 388 g/mol. The molecule has 7 nitrogen and oxygen atoms in total. The molecule has 3 aromatic rings. The Bertz CT molecular complexity index is 978. The molecular formula is C22H24N6O. The highest BCUT2D eigenvalue weighted by Crippen LogP contribution is 2.20. The first-order valence-electron chi connectivity index (χ1n) is 9.76. The van der Waals surface area contributed by atoms with Crippen LogP contribution in [0.2, 0.25) is 0 Å². The van der Waals surface area contributed by atoms with E-state index in [9.17, 15) is 4.79 Å². The number of amides is 2. The summed E-state index contributed by atoms with van der Waals surface area (Å²) in [5.41, 5.74) is 4.10. The molecule has 3 heterocycles. The summed E-state index contributed by atoms with van der Waals surface area (Å²) in [6.45, 7) is 4.06. The van der Waals surface area contributed by atoms with Crippen LogP contribution < -0.4 is 15.5 Å². The molecule has 2 aromatic heterocycles. The number of nitrogens with zero attached hydrogens (tertiary/aromatic N) is 4. The molecule has 1 aliphatic heterocycles. The lowest BCUT2D eigenvalue weighted by Crippen LogP contribution is -2.43. The van der Waals surface area contributed by atoms with E-state index in [-0.39, 0.29) is 12.1 Å². The van der Waals surface area contributed by atoms with Crippen molar-refractivity contribution in [3.8, 4) is 11.3 Å². The summed E-state index contributed by atoms with van der Waals surface area (Å²) in [4.78, 5) is 27.6. The molecule has 1 fully saturated rings. The molecule has 0 radical (unpaired) electrons. The Hall–Kier alpha value is -3.48. The van der Waals surface area contributed by atoms with E-state index in [2.05, 4.69) is 30.5 Å². The molecule has 1 saturated heterocycles. The third-order valence-electron chi connectivity index (χ3n) is 5.11. The van der Waals surface area contributed by atoms with Crippen molar-refractivity contribution in [2.45, 2.75) is 25.9 Å². The van der Waals surface area contributed by atoms with Crippen LogP contribution in [0.5, 0.6) is 0 Å². The molecule has 1 unspecified atom stereocenters. The first kappa shape index (κ1) is 18.9. The number of hydrogen-bond donors (Lipinski definition) is 2. The standard InChI is InChI=1S/C22H24N6O/c1-16-5-2-3-6-17(16)14-25-22(29)26-19-9-12-28(15-19)21-24-11-8-20(27-21)18-7-4-10-23-13-18/h2-8,10-11,13,19H,9,12,14-15H2,1H3,(H2,25,26,29). The van der Waals surface area contributed by atoms with Crippen LogP contribution in [0.15, 0.2) is 61.1 Å². The third-order valence-corrected chi connectivity index (χ3v) is 5.11. The molecule has 29 heavy (non-hydrogen) atoms. The van der Waals surface area contributed by atoms with Crippen LogP contribution in [0.3, 0.4) is 0 Å². The number of carbonyl (C=O) groups is 1. The van der Waals surface area contributed by atoms with Crippen molar-refractivity contribution in [1.29, 1.82) is 0 Å². The van der Waals surface area contributed by atoms with Gasteiger partial charge >= 0.3 is 6.03 Å². The fourth-order valence-corrected chi connectivity index (χ4v) is 3.46. The number of anilines is 1. The van der Waals surface area contributed by atoms with Crippen LogP contribution >= 0.6 is 0 Å². The lowest BCUT2D eigenvalue weighted by atomic mass is 10.1. The van der Waals surface area contributed by atoms with Gasteiger partial charge in [0.1, 0.15) is 0 Å². The second-order valence-corrected chi connectivity index (χ2v) is 7.17. The molecule has 1 aliphatic rings. The first-order valence-corrected chi connectivity index (χ1v) is 9.76. The molecule has 4 rings (SSSR count). The molecule has 1 atom stereocenters. The Morgan fingerprint density at radius 3 is 2.90 bits per heavy atom. The lowest BCUT2D eigenvalue weighted by molar-refractivity contribution is 0.237. The van der Waals surface area contributed by atoms with Crippen molar-refractivity contribution < 1.29 is 4.79 Å². The second-order valence-electron chi connectivity index (χ2n) is 7.17. The van der Waals surface area contributed by atoms with Crippen LogP contribution in [-0.2, 0) is 6.54 Å². The summed E-state index contributed by atoms with van der Waals surface area (Å²) in [5.74, 6) is 0.677. The lowest BCUT2D eigenvalue weighted by Gasteiger charge is -2.18. The van der Waals surface area contributed by atoms with Crippen molar-refractivity contribution in [2.24, 2.45) is 0 Å². The van der Waals surface area contributed by atoms with Gasteiger partial charge in [0.2, 0.25) is 5.95 Å². The van der Waals surface area contributed by atoms with Gasteiger partial charge in [0.15, 0.2) is 0 Å². The molecule has 2 amide bonds. The van der Waals surface area contributed by atoms with Crippen molar-refractivity contribution in [1.82, 2.24) is 25.6 Å². The Morgan fingerprint density at radius 2 is 2.07 bits per heavy atom. The molecule has 7 heteroatoms. The van der Waals surface area contributed by atoms with Crippen LogP contribution in [0.1, 0.15) is 17.5 Å². The molecule has 148 valence electrons. The predicted octanol–water partition coefficient (Wildman–Crippen LogP) is 2.93. The quantitative estimate of drug-likeness (QED) is 0.702. The van der Waals surface area contributed by atoms with Crippen molar-refractivity contribution in [3.05, 3.63) is 72.2 Å². The number of aromatic nitrogens is 3. The van der Waals surface area contributed by atoms with Gasteiger partial charge in [0.05, 0.1) is 5.69 Å². The highest BCUT2D eigenvalue weighted by atomic mass is 16.2. The number of nitrogens with one attached hydrogen (secondary N) is 2. The number of hydrogen-bond acceptors (Lipinski definition) is 5. The fourth-order valence-electron chi connectivity index (χ4n) is 3.46. The minimum atomic E-state index is -0.148. The maximum absolute atomic E-state index is 12.3. The van der Waals surface area contributed by atoms with Gasteiger partial charge in [-0.25, -0.2) is 14.8 Å². The average molecular weight is 388 g/mol. The van der Waals surface area contributed by atoms with Gasteiger partial charge in [-0.2, -0.15) is 0 Å². The number of rotatable bonds is 5. The molecule has 0 spiro atoms. The van der Waals surface area contributed by atoms with E-state index in [0.717, 1.165) is 29.8 Å². The summed E-state index contributed by atoms with van der Waals surface area (Å²) in [7, 11) is 0. The molecule has 0 aliphatic carbocycles. The van der Waals surface area contributed by atoms with Gasteiger partial charge in [-0.3, -0.25) is 4.98 Å². The SMILES string of the molecule is Cc1ccccc1CNC(=O)NC1CCN(c2nccc(-c3cccnc3)n2)C1. The summed E-state index contributed by atoms with van der Waals surface area (Å²) < 4.78 is 0. The largest absolute Gasteiger partial charge is 0.339 e. The normalized spacial score (nSPS) is 15.9. The zero-order valence-corrected chi connectivity index (χ0v) is 16.4. The van der Waals surface area contributed by atoms with E-state index in [1.54, 1.807) is 18.6 Å². The third kappa shape index (κ3) is 4.68. The van der Waals surface area contributed by atoms with E-state index in [4.69, 9.17) is 0 Å². The average Bonchev–Trinajstić information content (AvgIpc) is 3.22. The zero-order valence-electron chi connectivity index (χ0n) is 16.4. The van der Waals surface area contributed by atoms with Gasteiger partial charge in [-0.1, -0.05) is 24.3 Å². The number of benzene rings is 1. The van der Waals surface area contributed by atoms with Gasteiger partial charge in [-0.15, -0.1) is 0 Å². The smallest absolute Gasteiger partial charge is 0.315 e.